The zero-order chi connectivity index (χ0) is 39.9. The molecule has 5 heteroatoms. The average Bonchev–Trinajstić information content (AvgIpc) is 4.06. The van der Waals surface area contributed by atoms with Crippen molar-refractivity contribution >= 4 is 16.8 Å². The Morgan fingerprint density at radius 2 is 0.607 bits per heavy atom. The van der Waals surface area contributed by atoms with E-state index in [0.29, 0.717) is 0 Å². The fourth-order valence-corrected chi connectivity index (χ4v) is 6.55. The summed E-state index contributed by atoms with van der Waals surface area (Å²) >= 11 is 1.75. The maximum absolute atomic E-state index is 12.4. The van der Waals surface area contributed by atoms with Gasteiger partial charge in [0.2, 0.25) is 0 Å². The second kappa shape index (κ2) is 22.9. The molecule has 2 aliphatic rings. The van der Waals surface area contributed by atoms with Crippen molar-refractivity contribution in [2.24, 2.45) is 0 Å². The van der Waals surface area contributed by atoms with Crippen LogP contribution < -0.4 is 0 Å². The molecule has 0 unspecified atom stereocenters. The van der Waals surface area contributed by atoms with E-state index in [1.165, 1.54) is 0 Å². The van der Waals surface area contributed by atoms with Crippen LogP contribution in [0.2, 0.25) is 0 Å². The summed E-state index contributed by atoms with van der Waals surface area (Å²) in [4.78, 5) is 28.1. The van der Waals surface area contributed by atoms with Crippen LogP contribution in [-0.4, -0.2) is 27.0 Å². The number of hydrogen-bond acceptors (Lipinski definition) is 2. The SMILES string of the molecule is O=C(O)C(c1ccccc1)(c1ccccc1)c1ccccc1.O=C(O)C(c1ccccc1)(c1ccccc1)c1ccccc1.[C-]1=CC=CC1.[C-]1=CC=CC1.[CH2]=[Ti+2]. The van der Waals surface area contributed by atoms with Crippen molar-refractivity contribution in [3.05, 3.63) is 264 Å². The van der Waals surface area contributed by atoms with Crippen LogP contribution in [0.5, 0.6) is 0 Å². The molecule has 8 rings (SSSR count). The second-order valence-corrected chi connectivity index (χ2v) is 12.3. The third-order valence-electron chi connectivity index (χ3n) is 9.05. The molecule has 276 valence electrons. The molecule has 6 aromatic rings. The Hall–Kier alpha value is -6.20. The van der Waals surface area contributed by atoms with E-state index >= 15 is 0 Å². The molecule has 2 aliphatic carbocycles. The van der Waals surface area contributed by atoms with Gasteiger partial charge in [-0.3, -0.25) is 21.7 Å². The summed E-state index contributed by atoms with van der Waals surface area (Å²) in [6.07, 6.45) is 20.0. The van der Waals surface area contributed by atoms with Gasteiger partial charge < -0.3 is 10.2 Å². The normalized spacial score (nSPS) is 12.0. The van der Waals surface area contributed by atoms with Crippen LogP contribution in [0.15, 0.2) is 218 Å². The van der Waals surface area contributed by atoms with Crippen LogP contribution in [-0.2, 0) is 40.4 Å². The molecule has 0 saturated carbocycles. The van der Waals surface area contributed by atoms with Crippen molar-refractivity contribution < 1.29 is 39.8 Å². The van der Waals surface area contributed by atoms with Gasteiger partial charge in [0.25, 0.3) is 0 Å². The summed E-state index contributed by atoms with van der Waals surface area (Å²) in [6.45, 7) is 0. The molecular formula is C51H44O4Ti. The van der Waals surface area contributed by atoms with Crippen molar-refractivity contribution in [2.45, 2.75) is 23.7 Å². The summed E-state index contributed by atoms with van der Waals surface area (Å²) in [5.74, 6) is -1.76. The molecule has 0 aromatic heterocycles. The van der Waals surface area contributed by atoms with Crippen molar-refractivity contribution in [3.63, 3.8) is 0 Å². The Kier molecular flexibility index (Phi) is 17.4. The van der Waals surface area contributed by atoms with E-state index in [9.17, 15) is 19.8 Å². The molecule has 0 spiro atoms. The fourth-order valence-electron chi connectivity index (χ4n) is 6.55. The van der Waals surface area contributed by atoms with Gasteiger partial charge in [0.15, 0.2) is 0 Å². The van der Waals surface area contributed by atoms with E-state index in [1.54, 1.807) is 20.0 Å². The van der Waals surface area contributed by atoms with Gasteiger partial charge in [-0.2, -0.15) is 12.2 Å². The van der Waals surface area contributed by atoms with Crippen molar-refractivity contribution in [1.29, 1.82) is 0 Å². The molecule has 2 N–H and O–H groups in total. The topological polar surface area (TPSA) is 74.6 Å². The van der Waals surface area contributed by atoms with E-state index in [1.807, 2.05) is 206 Å². The maximum atomic E-state index is 12.4. The molecule has 0 amide bonds. The van der Waals surface area contributed by atoms with Crippen molar-refractivity contribution in [2.75, 3.05) is 0 Å². The first-order chi connectivity index (χ1) is 27.5. The first-order valence-corrected chi connectivity index (χ1v) is 19.2. The van der Waals surface area contributed by atoms with Crippen LogP contribution in [0, 0.1) is 12.2 Å². The summed E-state index contributed by atoms with van der Waals surface area (Å²) < 4.78 is 0. The van der Waals surface area contributed by atoms with Crippen LogP contribution in [0.3, 0.4) is 0 Å². The number of carboxylic acid groups (broad SMARTS) is 2. The van der Waals surface area contributed by atoms with Gasteiger partial charge >= 0.3 is 36.7 Å². The van der Waals surface area contributed by atoms with Crippen LogP contribution >= 0.6 is 0 Å². The van der Waals surface area contributed by atoms with Gasteiger partial charge in [0.05, 0.1) is 0 Å². The average molecular weight is 769 g/mol. The van der Waals surface area contributed by atoms with Crippen LogP contribution in [0.25, 0.3) is 0 Å². The molecule has 6 aromatic carbocycles. The summed E-state index contributed by atoms with van der Waals surface area (Å²) in [5.41, 5.74) is 2.09. The molecule has 0 fully saturated rings. The van der Waals surface area contributed by atoms with Gasteiger partial charge in [-0.1, -0.05) is 182 Å². The molecule has 0 heterocycles. The Labute approximate surface area is 342 Å². The molecule has 56 heavy (non-hydrogen) atoms. The predicted molar refractivity (Wildman–Crippen MR) is 224 cm³/mol. The van der Waals surface area contributed by atoms with E-state index in [-0.39, 0.29) is 0 Å². The first-order valence-electron chi connectivity index (χ1n) is 18.1. The van der Waals surface area contributed by atoms with E-state index in [2.05, 4.69) is 29.1 Å². The van der Waals surface area contributed by atoms with Gasteiger partial charge in [-0.25, -0.2) is 24.3 Å². The number of rotatable bonds is 8. The Balaban J connectivity index is 0.000000192. The third kappa shape index (κ3) is 10.5. The number of aliphatic carboxylic acids is 2. The van der Waals surface area contributed by atoms with Gasteiger partial charge in [0.1, 0.15) is 10.8 Å². The molecule has 0 saturated heterocycles. The molecule has 0 aliphatic heterocycles. The van der Waals surface area contributed by atoms with E-state index < -0.39 is 22.8 Å². The number of benzene rings is 6. The summed E-state index contributed by atoms with van der Waals surface area (Å²) in [5, 5.41) is 20.4. The minimum absolute atomic E-state index is 0.750. The minimum atomic E-state index is -1.20. The molecular weight excluding hydrogens is 724 g/mol. The van der Waals surface area contributed by atoms with Gasteiger partial charge in [0, 0.05) is 0 Å². The number of carboxylic acids is 2. The second-order valence-electron chi connectivity index (χ2n) is 12.3. The number of carbonyl (C=O) groups is 2. The van der Waals surface area contributed by atoms with Gasteiger partial charge in [-0.15, -0.1) is 12.8 Å². The zero-order valence-corrected chi connectivity index (χ0v) is 32.7. The summed E-state index contributed by atoms with van der Waals surface area (Å²) in [6, 6.07) is 56.3. The fraction of sp³-hybridized carbons (Fsp3) is 0.0784. The van der Waals surface area contributed by atoms with Crippen molar-refractivity contribution in [3.8, 4) is 0 Å². The molecule has 0 atom stereocenters. The Morgan fingerprint density at radius 1 is 0.411 bits per heavy atom. The quantitative estimate of drug-likeness (QED) is 0.0919. The van der Waals surface area contributed by atoms with Crippen molar-refractivity contribution in [1.82, 2.24) is 0 Å². The Morgan fingerprint density at radius 3 is 0.714 bits per heavy atom. The molecule has 0 radical (unpaired) electrons. The van der Waals surface area contributed by atoms with E-state index in [0.717, 1.165) is 46.2 Å². The van der Waals surface area contributed by atoms with Crippen LogP contribution in [0.4, 0.5) is 0 Å². The Bertz CT molecular complexity index is 1790. The molecule has 0 bridgehead atoms. The standard InChI is InChI=1S/2C20H16O2.2C5H5.CH2.Ti/c2*21-19(22)20(16-10-4-1-5-11-16,17-12-6-2-7-13-17)18-14-8-3-9-15-18;2*1-2-4-5-3-1;;/h2*1-15H,(H,21,22);2*1-3H,4H2;1H2;/q;;2*-1;;+2. The zero-order valence-electron chi connectivity index (χ0n) is 31.1. The number of allylic oxidation sites excluding steroid dienone is 8. The monoisotopic (exact) mass is 768 g/mol. The molecule has 4 nitrogen and oxygen atoms in total. The number of hydrogen-bond donors (Lipinski definition) is 2. The third-order valence-corrected chi connectivity index (χ3v) is 9.05. The first kappa shape index (κ1) is 42.5. The summed E-state index contributed by atoms with van der Waals surface area (Å²) in [7, 11) is 0. The predicted octanol–water partition coefficient (Wildman–Crippen LogP) is 10.8. The van der Waals surface area contributed by atoms with Crippen LogP contribution in [0.1, 0.15) is 46.2 Å². The van der Waals surface area contributed by atoms with Gasteiger partial charge in [-0.05, 0) is 33.4 Å². The van der Waals surface area contributed by atoms with E-state index in [4.69, 9.17) is 0 Å².